The van der Waals surface area contributed by atoms with Gasteiger partial charge in [0.2, 0.25) is 0 Å². The van der Waals surface area contributed by atoms with Crippen LogP contribution in [0.1, 0.15) is 26.7 Å². The summed E-state index contributed by atoms with van der Waals surface area (Å²) in [4.78, 5) is 27.2. The van der Waals surface area contributed by atoms with Crippen molar-refractivity contribution in [2.75, 3.05) is 39.2 Å². The van der Waals surface area contributed by atoms with Crippen molar-refractivity contribution in [3.63, 3.8) is 0 Å². The normalized spacial score (nSPS) is 15.5. The number of benzene rings is 1. The zero-order valence-electron chi connectivity index (χ0n) is 19.5. The minimum atomic E-state index is -0.699. The van der Waals surface area contributed by atoms with E-state index in [1.54, 1.807) is 25.4 Å². The van der Waals surface area contributed by atoms with Gasteiger partial charge in [0, 0.05) is 44.0 Å². The Hall–Kier alpha value is -3.17. The maximum atomic E-state index is 12.9. The molecule has 3 heterocycles. The molecule has 0 unspecified atom stereocenters. The summed E-state index contributed by atoms with van der Waals surface area (Å²) in [5, 5.41) is 14.0. The number of likely N-dealkylation sites (tertiary alicyclic amines) is 1. The summed E-state index contributed by atoms with van der Waals surface area (Å²) in [5.74, 6) is 1.34. The number of hydrogen-bond acceptors (Lipinski definition) is 8. The molecule has 0 bridgehead atoms. The summed E-state index contributed by atoms with van der Waals surface area (Å²) in [6, 6.07) is 7.45. The lowest BCUT2D eigenvalue weighted by Crippen LogP contribution is -2.45. The van der Waals surface area contributed by atoms with Crippen molar-refractivity contribution in [3.05, 3.63) is 40.8 Å². The summed E-state index contributed by atoms with van der Waals surface area (Å²) in [6.07, 6.45) is 3.57. The largest absolute Gasteiger partial charge is 0.497 e. The lowest BCUT2D eigenvalue weighted by Gasteiger charge is -2.36. The van der Waals surface area contributed by atoms with Crippen LogP contribution >= 0.6 is 0 Å². The van der Waals surface area contributed by atoms with Gasteiger partial charge in [-0.3, -0.25) is 9.78 Å². The topological polar surface area (TPSA) is 113 Å². The molecule has 0 aliphatic carbocycles. The van der Waals surface area contributed by atoms with E-state index in [2.05, 4.69) is 25.2 Å². The highest BCUT2D eigenvalue weighted by molar-refractivity contribution is 5.87. The number of fused-ring (bicyclic) bond motifs is 1. The number of aromatic nitrogens is 3. The smallest absolute Gasteiger partial charge is 0.262 e. The maximum Gasteiger partial charge on any atom is 0.262 e. The number of rotatable bonds is 7. The van der Waals surface area contributed by atoms with Crippen LogP contribution in [0.2, 0.25) is 0 Å². The van der Waals surface area contributed by atoms with Gasteiger partial charge in [0.05, 0.1) is 31.0 Å². The number of nitrogens with one attached hydrogen (secondary N) is 2. The molecule has 9 nitrogen and oxygen atoms in total. The van der Waals surface area contributed by atoms with Crippen molar-refractivity contribution in [2.45, 2.75) is 38.3 Å². The number of anilines is 1. The number of pyridine rings is 1. The molecule has 3 N–H and O–H groups in total. The highest BCUT2D eigenvalue weighted by Gasteiger charge is 2.25. The molecular weight excluding hydrogens is 422 g/mol. The third-order valence-corrected chi connectivity index (χ3v) is 5.79. The van der Waals surface area contributed by atoms with Crippen LogP contribution in [0.25, 0.3) is 22.4 Å². The van der Waals surface area contributed by atoms with Gasteiger partial charge >= 0.3 is 0 Å². The number of aliphatic hydroxyl groups is 1. The molecule has 4 rings (SSSR count). The number of nitrogens with zero attached hydrogens (tertiary/aromatic N) is 3. The van der Waals surface area contributed by atoms with E-state index in [4.69, 9.17) is 9.47 Å². The molecule has 1 aromatic carbocycles. The fraction of sp³-hybridized carbons (Fsp3) is 0.458. The zero-order chi connectivity index (χ0) is 23.6. The average molecular weight is 454 g/mol. The Labute approximate surface area is 192 Å². The third kappa shape index (κ3) is 5.26. The summed E-state index contributed by atoms with van der Waals surface area (Å²) >= 11 is 0. The average Bonchev–Trinajstić information content (AvgIpc) is 2.78. The number of β-amino-alcohol motifs (C(OH)–C–C–N with tert-alkyl or cyclic N) is 1. The first kappa shape index (κ1) is 23.0. The first-order valence-corrected chi connectivity index (χ1v) is 11.1. The second-order valence-electron chi connectivity index (χ2n) is 9.05. The highest BCUT2D eigenvalue weighted by Crippen LogP contribution is 2.30. The monoisotopic (exact) mass is 453 g/mol. The summed E-state index contributed by atoms with van der Waals surface area (Å²) in [7, 11) is 3.07. The van der Waals surface area contributed by atoms with E-state index < -0.39 is 5.60 Å². The fourth-order valence-corrected chi connectivity index (χ4v) is 4.32. The standard InChI is InChI=1S/C24H31N5O4/c1-24(2,31)14-29-10-7-15(8-11-29)26-17-6-5-9-25-21(17)22-27-18-12-16(32-3)13-19(33-4)20(18)23(30)28-22/h5-6,9,12-13,15,26,31H,7-8,10-11,14H2,1-4H3,(H,27,28,30). The highest BCUT2D eigenvalue weighted by atomic mass is 16.5. The van der Waals surface area contributed by atoms with Crippen LogP contribution in [0.15, 0.2) is 35.3 Å². The first-order valence-electron chi connectivity index (χ1n) is 11.1. The lowest BCUT2D eigenvalue weighted by molar-refractivity contribution is 0.0291. The summed E-state index contributed by atoms with van der Waals surface area (Å²) in [6.45, 7) is 6.14. The SMILES string of the molecule is COc1cc(OC)c2c(=O)[nH]c(-c3ncccc3NC3CCN(CC(C)(C)O)CC3)nc2c1. The predicted molar refractivity (Wildman–Crippen MR) is 128 cm³/mol. The van der Waals surface area contributed by atoms with Crippen LogP contribution in [-0.4, -0.2) is 70.5 Å². The van der Waals surface area contributed by atoms with Crippen LogP contribution in [0.3, 0.4) is 0 Å². The first-order chi connectivity index (χ1) is 15.8. The van der Waals surface area contributed by atoms with E-state index in [9.17, 15) is 9.90 Å². The molecular formula is C24H31N5O4. The van der Waals surface area contributed by atoms with Crippen LogP contribution < -0.4 is 20.3 Å². The molecule has 1 aliphatic heterocycles. The minimum Gasteiger partial charge on any atom is -0.497 e. The van der Waals surface area contributed by atoms with Crippen LogP contribution in [-0.2, 0) is 0 Å². The molecule has 1 aliphatic rings. The van der Waals surface area contributed by atoms with Crippen molar-refractivity contribution in [2.24, 2.45) is 0 Å². The van der Waals surface area contributed by atoms with E-state index in [0.29, 0.717) is 40.5 Å². The fourth-order valence-electron chi connectivity index (χ4n) is 4.32. The summed E-state index contributed by atoms with van der Waals surface area (Å²) < 4.78 is 10.7. The maximum absolute atomic E-state index is 12.9. The Balaban J connectivity index is 1.61. The number of ether oxygens (including phenoxy) is 2. The van der Waals surface area contributed by atoms with E-state index >= 15 is 0 Å². The van der Waals surface area contributed by atoms with Gasteiger partial charge in [-0.2, -0.15) is 0 Å². The Morgan fingerprint density at radius 2 is 2.00 bits per heavy atom. The Bertz CT molecular complexity index is 1180. The van der Waals surface area contributed by atoms with E-state index in [1.165, 1.54) is 7.11 Å². The second-order valence-corrected chi connectivity index (χ2v) is 9.05. The van der Waals surface area contributed by atoms with Gasteiger partial charge in [-0.15, -0.1) is 0 Å². The molecule has 0 atom stereocenters. The van der Waals surface area contributed by atoms with Gasteiger partial charge in [0.25, 0.3) is 5.56 Å². The van der Waals surface area contributed by atoms with Gasteiger partial charge in [-0.05, 0) is 38.8 Å². The quantitative estimate of drug-likeness (QED) is 0.501. The molecule has 33 heavy (non-hydrogen) atoms. The summed E-state index contributed by atoms with van der Waals surface area (Å²) in [5.41, 5.74) is 0.871. The second kappa shape index (κ2) is 9.36. The Morgan fingerprint density at radius 1 is 1.24 bits per heavy atom. The molecule has 0 spiro atoms. The van der Waals surface area contributed by atoms with Gasteiger partial charge in [-0.1, -0.05) is 0 Å². The van der Waals surface area contributed by atoms with Gasteiger partial charge in [-0.25, -0.2) is 4.98 Å². The van der Waals surface area contributed by atoms with Crippen molar-refractivity contribution in [1.29, 1.82) is 0 Å². The molecule has 9 heteroatoms. The van der Waals surface area contributed by atoms with E-state index in [0.717, 1.165) is 31.6 Å². The van der Waals surface area contributed by atoms with Gasteiger partial charge in [0.1, 0.15) is 22.6 Å². The molecule has 176 valence electrons. The van der Waals surface area contributed by atoms with Crippen molar-refractivity contribution < 1.29 is 14.6 Å². The van der Waals surface area contributed by atoms with Crippen LogP contribution in [0.4, 0.5) is 5.69 Å². The van der Waals surface area contributed by atoms with E-state index in [1.807, 2.05) is 26.0 Å². The lowest BCUT2D eigenvalue weighted by atomic mass is 10.0. The number of piperidine rings is 1. The number of hydrogen-bond donors (Lipinski definition) is 3. The molecule has 1 fully saturated rings. The molecule has 0 amide bonds. The molecule has 1 saturated heterocycles. The predicted octanol–water partition coefficient (Wildman–Crippen LogP) is 2.65. The van der Waals surface area contributed by atoms with Gasteiger partial charge in [0.15, 0.2) is 5.82 Å². The van der Waals surface area contributed by atoms with Crippen molar-refractivity contribution in [3.8, 4) is 23.0 Å². The Kier molecular flexibility index (Phi) is 6.53. The van der Waals surface area contributed by atoms with Crippen LogP contribution in [0, 0.1) is 0 Å². The Morgan fingerprint density at radius 3 is 2.67 bits per heavy atom. The third-order valence-electron chi connectivity index (χ3n) is 5.79. The van der Waals surface area contributed by atoms with Crippen LogP contribution in [0.5, 0.6) is 11.5 Å². The molecule has 0 radical (unpaired) electrons. The minimum absolute atomic E-state index is 0.262. The molecule has 2 aromatic heterocycles. The van der Waals surface area contributed by atoms with E-state index in [-0.39, 0.29) is 11.6 Å². The number of H-pyrrole nitrogens is 1. The zero-order valence-corrected chi connectivity index (χ0v) is 19.5. The molecule has 0 saturated carbocycles. The number of methoxy groups -OCH3 is 2. The molecule has 3 aromatic rings. The number of aromatic amines is 1. The van der Waals surface area contributed by atoms with Crippen molar-refractivity contribution in [1.82, 2.24) is 19.9 Å². The van der Waals surface area contributed by atoms with Crippen molar-refractivity contribution >= 4 is 16.6 Å². The van der Waals surface area contributed by atoms with Gasteiger partial charge < -0.3 is 29.8 Å².